The molecule has 7 nitrogen and oxygen atoms in total. The van der Waals surface area contributed by atoms with E-state index in [4.69, 9.17) is 4.42 Å². The van der Waals surface area contributed by atoms with E-state index >= 15 is 0 Å². The Bertz CT molecular complexity index is 601. The van der Waals surface area contributed by atoms with Crippen molar-refractivity contribution < 1.29 is 17.6 Å². The van der Waals surface area contributed by atoms with Crippen LogP contribution in [0.2, 0.25) is 0 Å². The molecule has 0 saturated carbocycles. The molecule has 0 spiro atoms. The number of rotatable bonds is 3. The summed E-state index contributed by atoms with van der Waals surface area (Å²) >= 11 is 0. The smallest absolute Gasteiger partial charge is 0.289 e. The number of nitrogens with zero attached hydrogens (tertiary/aromatic N) is 1. The Morgan fingerprint density at radius 1 is 1.43 bits per heavy atom. The quantitative estimate of drug-likeness (QED) is 0.834. The lowest BCUT2D eigenvalue weighted by molar-refractivity contribution is 0.0565. The fourth-order valence-corrected chi connectivity index (χ4v) is 2.81. The van der Waals surface area contributed by atoms with Crippen LogP contribution in [0.4, 0.5) is 0 Å². The summed E-state index contributed by atoms with van der Waals surface area (Å²) < 4.78 is 30.5. The number of furan rings is 1. The molecule has 2 heterocycles. The van der Waals surface area contributed by atoms with Crippen LogP contribution in [-0.4, -0.2) is 51.4 Å². The summed E-state index contributed by atoms with van der Waals surface area (Å²) in [5, 5.41) is 3.03. The molecule has 9 heteroatoms. The topological polar surface area (TPSA) is 91.7 Å². The highest BCUT2D eigenvalue weighted by molar-refractivity contribution is 7.89. The molecule has 1 aromatic heterocycles. The van der Waals surface area contributed by atoms with Gasteiger partial charge in [-0.25, -0.2) is 13.1 Å². The summed E-state index contributed by atoms with van der Waals surface area (Å²) in [5.74, 6) is -0.247. The van der Waals surface area contributed by atoms with Crippen molar-refractivity contribution in [3.8, 4) is 0 Å². The van der Waals surface area contributed by atoms with Gasteiger partial charge in [0.25, 0.3) is 15.9 Å². The van der Waals surface area contributed by atoms with E-state index in [1.165, 1.54) is 19.2 Å². The van der Waals surface area contributed by atoms with E-state index in [0.29, 0.717) is 13.1 Å². The summed E-state index contributed by atoms with van der Waals surface area (Å²) in [6.07, 6.45) is 0. The Morgan fingerprint density at radius 2 is 2.10 bits per heavy atom. The zero-order valence-corrected chi connectivity index (χ0v) is 13.8. The normalized spacial score (nSPS) is 22.7. The van der Waals surface area contributed by atoms with E-state index in [2.05, 4.69) is 10.0 Å². The van der Waals surface area contributed by atoms with Crippen molar-refractivity contribution in [1.29, 1.82) is 0 Å². The molecule has 0 bridgehead atoms. The van der Waals surface area contributed by atoms with Gasteiger partial charge < -0.3 is 14.6 Å². The molecule has 2 N–H and O–H groups in total. The fourth-order valence-electron chi connectivity index (χ4n) is 2.16. The van der Waals surface area contributed by atoms with E-state index in [-0.39, 0.29) is 41.3 Å². The molecule has 1 fully saturated rings. The number of hydrogen-bond acceptors (Lipinski definition) is 5. The third-order valence-electron chi connectivity index (χ3n) is 3.62. The number of nitrogens with one attached hydrogen (secondary N) is 2. The number of hydrogen-bond donors (Lipinski definition) is 2. The number of carbonyl (C=O) groups excluding carboxylic acids is 1. The first-order valence-electron chi connectivity index (χ1n) is 6.44. The van der Waals surface area contributed by atoms with Crippen LogP contribution in [0.1, 0.15) is 24.4 Å². The van der Waals surface area contributed by atoms with Crippen molar-refractivity contribution in [2.24, 2.45) is 0 Å². The van der Waals surface area contributed by atoms with Crippen molar-refractivity contribution in [2.75, 3.05) is 20.1 Å². The van der Waals surface area contributed by atoms with Crippen LogP contribution in [0.3, 0.4) is 0 Å². The highest BCUT2D eigenvalue weighted by atomic mass is 35.5. The highest BCUT2D eigenvalue weighted by Crippen LogP contribution is 2.18. The molecule has 21 heavy (non-hydrogen) atoms. The first-order valence-corrected chi connectivity index (χ1v) is 7.93. The molecular formula is C12H20ClN3O4S. The average Bonchev–Trinajstić information content (AvgIpc) is 2.91. The molecule has 2 unspecified atom stereocenters. The van der Waals surface area contributed by atoms with Crippen molar-refractivity contribution in [3.63, 3.8) is 0 Å². The van der Waals surface area contributed by atoms with Crippen LogP contribution in [0.25, 0.3) is 0 Å². The van der Waals surface area contributed by atoms with Gasteiger partial charge in [-0.2, -0.15) is 0 Å². The SMILES string of the molecule is CNS(=O)(=O)c1ccc(C(=O)N2CCNC(C)C2C)o1.Cl. The van der Waals surface area contributed by atoms with Crippen LogP contribution >= 0.6 is 12.4 Å². The second-order valence-corrected chi connectivity index (χ2v) is 6.63. The number of carbonyl (C=O) groups is 1. The minimum Gasteiger partial charge on any atom is -0.438 e. The molecule has 0 aromatic carbocycles. The first kappa shape index (κ1) is 18.0. The van der Waals surface area contributed by atoms with Crippen LogP contribution in [-0.2, 0) is 10.0 Å². The molecule has 2 rings (SSSR count). The van der Waals surface area contributed by atoms with Gasteiger partial charge in [-0.15, -0.1) is 12.4 Å². The third-order valence-corrected chi connectivity index (χ3v) is 4.91. The van der Waals surface area contributed by atoms with Gasteiger partial charge in [-0.05, 0) is 33.0 Å². The average molecular weight is 338 g/mol. The lowest BCUT2D eigenvalue weighted by Crippen LogP contribution is -2.57. The molecule has 2 atom stereocenters. The summed E-state index contributed by atoms with van der Waals surface area (Å²) in [6, 6.07) is 2.88. The monoisotopic (exact) mass is 337 g/mol. The van der Waals surface area contributed by atoms with Crippen molar-refractivity contribution >= 4 is 28.3 Å². The predicted octanol–water partition coefficient (Wildman–Crippen LogP) is 0.432. The molecule has 1 saturated heterocycles. The third kappa shape index (κ3) is 3.57. The summed E-state index contributed by atoms with van der Waals surface area (Å²) in [6.45, 7) is 5.23. The Labute approximate surface area is 130 Å². The minimum absolute atomic E-state index is 0. The van der Waals surface area contributed by atoms with Gasteiger partial charge in [0.05, 0.1) is 0 Å². The van der Waals surface area contributed by atoms with Crippen molar-refractivity contribution in [3.05, 3.63) is 17.9 Å². The summed E-state index contributed by atoms with van der Waals surface area (Å²) in [7, 11) is -2.37. The Morgan fingerprint density at radius 3 is 2.71 bits per heavy atom. The van der Waals surface area contributed by atoms with Crippen molar-refractivity contribution in [2.45, 2.75) is 31.0 Å². The Kier molecular flexibility index (Phi) is 5.80. The second-order valence-electron chi connectivity index (χ2n) is 4.81. The lowest BCUT2D eigenvalue weighted by atomic mass is 10.1. The molecule has 1 aromatic rings. The van der Waals surface area contributed by atoms with Crippen LogP contribution in [0, 0.1) is 0 Å². The standard InChI is InChI=1S/C12H19N3O4S.ClH/c1-8-9(2)15(7-6-14-8)12(16)10-4-5-11(19-10)20(17,18)13-3;/h4-5,8-9,13-14H,6-7H2,1-3H3;1H. The minimum atomic E-state index is -3.67. The maximum Gasteiger partial charge on any atom is 0.289 e. The maximum absolute atomic E-state index is 12.4. The molecule has 0 radical (unpaired) electrons. The van der Waals surface area contributed by atoms with E-state index in [0.717, 1.165) is 0 Å². The first-order chi connectivity index (χ1) is 9.36. The number of sulfonamides is 1. The van der Waals surface area contributed by atoms with Gasteiger partial charge in [0, 0.05) is 25.2 Å². The van der Waals surface area contributed by atoms with Gasteiger partial charge in [0.15, 0.2) is 5.76 Å². The van der Waals surface area contributed by atoms with Crippen LogP contribution in [0.15, 0.2) is 21.6 Å². The lowest BCUT2D eigenvalue weighted by Gasteiger charge is -2.38. The van der Waals surface area contributed by atoms with E-state index < -0.39 is 10.0 Å². The molecule has 1 aliphatic heterocycles. The summed E-state index contributed by atoms with van der Waals surface area (Å²) in [4.78, 5) is 14.1. The predicted molar refractivity (Wildman–Crippen MR) is 80.2 cm³/mol. The zero-order chi connectivity index (χ0) is 14.9. The second kappa shape index (κ2) is 6.78. The molecule has 0 aliphatic carbocycles. The van der Waals surface area contributed by atoms with Gasteiger partial charge in [-0.3, -0.25) is 4.79 Å². The Hall–Kier alpha value is -1.09. The molecule has 120 valence electrons. The van der Waals surface area contributed by atoms with E-state index in [9.17, 15) is 13.2 Å². The summed E-state index contributed by atoms with van der Waals surface area (Å²) in [5.41, 5.74) is 0. The van der Waals surface area contributed by atoms with Gasteiger partial charge in [-0.1, -0.05) is 0 Å². The van der Waals surface area contributed by atoms with Gasteiger partial charge in [0.1, 0.15) is 0 Å². The maximum atomic E-state index is 12.4. The molecular weight excluding hydrogens is 318 g/mol. The molecule has 1 amide bonds. The zero-order valence-electron chi connectivity index (χ0n) is 12.1. The molecule has 1 aliphatic rings. The van der Waals surface area contributed by atoms with E-state index in [1.807, 2.05) is 13.8 Å². The van der Waals surface area contributed by atoms with E-state index in [1.54, 1.807) is 4.90 Å². The largest absolute Gasteiger partial charge is 0.438 e. The number of amides is 1. The van der Waals surface area contributed by atoms with Gasteiger partial charge >= 0.3 is 0 Å². The number of halogens is 1. The van der Waals surface area contributed by atoms with Crippen LogP contribution < -0.4 is 10.0 Å². The van der Waals surface area contributed by atoms with Crippen LogP contribution in [0.5, 0.6) is 0 Å². The Balaban J connectivity index is 0.00000220. The van der Waals surface area contributed by atoms with Gasteiger partial charge in [0.2, 0.25) is 5.09 Å². The number of piperazine rings is 1. The van der Waals surface area contributed by atoms with Crippen molar-refractivity contribution in [1.82, 2.24) is 14.9 Å². The highest BCUT2D eigenvalue weighted by Gasteiger charge is 2.31. The fraction of sp³-hybridized carbons (Fsp3) is 0.583.